The first-order valence-corrected chi connectivity index (χ1v) is 10.7. The molecule has 0 atom stereocenters. The van der Waals surface area contributed by atoms with Gasteiger partial charge in [-0.1, -0.05) is 31.2 Å². The van der Waals surface area contributed by atoms with E-state index in [1.54, 1.807) is 23.9 Å². The summed E-state index contributed by atoms with van der Waals surface area (Å²) in [5.41, 5.74) is 1.67. The van der Waals surface area contributed by atoms with Crippen molar-refractivity contribution >= 4 is 35.3 Å². The maximum absolute atomic E-state index is 12.6. The highest BCUT2D eigenvalue weighted by Crippen LogP contribution is 2.26. The number of anilines is 2. The Labute approximate surface area is 180 Å². The summed E-state index contributed by atoms with van der Waals surface area (Å²) in [7, 11) is 0. The van der Waals surface area contributed by atoms with E-state index in [0.717, 1.165) is 16.9 Å². The molecule has 156 valence electrons. The van der Waals surface area contributed by atoms with E-state index < -0.39 is 5.41 Å². The van der Waals surface area contributed by atoms with Gasteiger partial charge in [0.25, 0.3) is 0 Å². The lowest BCUT2D eigenvalue weighted by Crippen LogP contribution is -2.34. The molecule has 7 heteroatoms. The fraction of sp³-hybridized carbons (Fsp3) is 0.261. The van der Waals surface area contributed by atoms with Crippen molar-refractivity contribution in [2.75, 3.05) is 16.4 Å². The maximum Gasteiger partial charge on any atom is 0.301 e. The van der Waals surface area contributed by atoms with Crippen LogP contribution >= 0.6 is 11.8 Å². The molecule has 2 N–H and O–H groups in total. The van der Waals surface area contributed by atoms with Crippen molar-refractivity contribution in [2.24, 2.45) is 0 Å². The van der Waals surface area contributed by atoms with Crippen molar-refractivity contribution in [2.45, 2.75) is 37.5 Å². The third-order valence-corrected chi connectivity index (χ3v) is 5.60. The topological polar surface area (TPSA) is 84.2 Å². The number of carbonyl (C=O) groups excluding carboxylic acids is 2. The predicted octanol–water partition coefficient (Wildman–Crippen LogP) is 4.88. The van der Waals surface area contributed by atoms with Crippen molar-refractivity contribution < 1.29 is 14.0 Å². The van der Waals surface area contributed by atoms with Crippen LogP contribution in [0.4, 0.5) is 11.7 Å². The molecule has 2 aromatic carbocycles. The molecular formula is C23H25N3O3S. The van der Waals surface area contributed by atoms with Gasteiger partial charge < -0.3 is 9.73 Å². The van der Waals surface area contributed by atoms with E-state index in [-0.39, 0.29) is 17.8 Å². The van der Waals surface area contributed by atoms with Crippen molar-refractivity contribution in [1.82, 2.24) is 4.98 Å². The van der Waals surface area contributed by atoms with Gasteiger partial charge in [0.2, 0.25) is 11.8 Å². The minimum absolute atomic E-state index is 0.0838. The first-order chi connectivity index (χ1) is 14.4. The van der Waals surface area contributed by atoms with Crippen LogP contribution in [0, 0.1) is 0 Å². The zero-order chi connectivity index (χ0) is 21.6. The lowest BCUT2D eigenvalue weighted by molar-refractivity contribution is -0.120. The molecule has 0 aliphatic carbocycles. The van der Waals surface area contributed by atoms with Gasteiger partial charge in [-0.25, -0.2) is 4.98 Å². The summed E-state index contributed by atoms with van der Waals surface area (Å²) in [4.78, 5) is 30.1. The minimum Gasteiger partial charge on any atom is -0.432 e. The number of benzene rings is 2. The summed E-state index contributed by atoms with van der Waals surface area (Å²) in [5.74, 6) is 0.708. The molecule has 3 rings (SSSR count). The first-order valence-electron chi connectivity index (χ1n) is 9.71. The van der Waals surface area contributed by atoms with Crippen LogP contribution in [-0.2, 0) is 21.4 Å². The fourth-order valence-electron chi connectivity index (χ4n) is 2.90. The van der Waals surface area contributed by atoms with E-state index in [2.05, 4.69) is 22.5 Å². The number of carbonyl (C=O) groups is 2. The molecule has 2 amide bonds. The Morgan fingerprint density at radius 2 is 1.73 bits per heavy atom. The van der Waals surface area contributed by atoms with Gasteiger partial charge in [0.15, 0.2) is 0 Å². The van der Waals surface area contributed by atoms with Crippen LogP contribution in [0.5, 0.6) is 0 Å². The molecule has 0 bridgehead atoms. The SMILES string of the molecule is CCSc1ccc(CC(=O)Nc2ccc(C(C)(C)C(=O)Nc3ncco3)cc2)cc1. The Bertz CT molecular complexity index is 982. The summed E-state index contributed by atoms with van der Waals surface area (Å²) in [6.45, 7) is 5.75. The Morgan fingerprint density at radius 1 is 1.03 bits per heavy atom. The molecule has 0 radical (unpaired) electrons. The number of oxazole rings is 1. The number of nitrogens with zero attached hydrogens (tertiary/aromatic N) is 1. The van der Waals surface area contributed by atoms with Crippen LogP contribution in [0.25, 0.3) is 0 Å². The van der Waals surface area contributed by atoms with Gasteiger partial charge in [-0.15, -0.1) is 11.8 Å². The molecule has 6 nitrogen and oxygen atoms in total. The van der Waals surface area contributed by atoms with E-state index >= 15 is 0 Å². The number of aromatic nitrogens is 1. The maximum atomic E-state index is 12.6. The second-order valence-corrected chi connectivity index (χ2v) is 8.63. The monoisotopic (exact) mass is 423 g/mol. The normalized spacial score (nSPS) is 11.2. The van der Waals surface area contributed by atoms with Gasteiger partial charge in [-0.2, -0.15) is 0 Å². The molecular weight excluding hydrogens is 398 g/mol. The van der Waals surface area contributed by atoms with Gasteiger partial charge in [-0.05, 0) is 55.0 Å². The summed E-state index contributed by atoms with van der Waals surface area (Å²) >= 11 is 1.77. The van der Waals surface area contributed by atoms with E-state index in [1.807, 2.05) is 50.2 Å². The molecule has 0 saturated carbocycles. The van der Waals surface area contributed by atoms with E-state index in [4.69, 9.17) is 4.42 Å². The van der Waals surface area contributed by atoms with Crippen LogP contribution in [0.1, 0.15) is 31.9 Å². The molecule has 3 aromatic rings. The highest BCUT2D eigenvalue weighted by atomic mass is 32.2. The average molecular weight is 424 g/mol. The van der Waals surface area contributed by atoms with Gasteiger partial charge in [0, 0.05) is 10.6 Å². The third-order valence-electron chi connectivity index (χ3n) is 4.71. The number of hydrogen-bond donors (Lipinski definition) is 2. The summed E-state index contributed by atoms with van der Waals surface area (Å²) < 4.78 is 5.07. The predicted molar refractivity (Wildman–Crippen MR) is 120 cm³/mol. The lowest BCUT2D eigenvalue weighted by atomic mass is 9.83. The fourth-order valence-corrected chi connectivity index (χ4v) is 3.56. The van der Waals surface area contributed by atoms with Crippen LogP contribution in [0.2, 0.25) is 0 Å². The number of nitrogens with one attached hydrogen (secondary N) is 2. The molecule has 0 aliphatic heterocycles. The smallest absolute Gasteiger partial charge is 0.301 e. The van der Waals surface area contributed by atoms with Crippen LogP contribution < -0.4 is 10.6 Å². The minimum atomic E-state index is -0.796. The van der Waals surface area contributed by atoms with Gasteiger partial charge in [0.05, 0.1) is 18.0 Å². The number of thioether (sulfide) groups is 1. The van der Waals surface area contributed by atoms with Crippen molar-refractivity contribution in [3.8, 4) is 0 Å². The molecule has 0 saturated heterocycles. The summed E-state index contributed by atoms with van der Waals surface area (Å²) in [5, 5.41) is 5.56. The van der Waals surface area contributed by atoms with E-state index in [1.165, 1.54) is 17.4 Å². The van der Waals surface area contributed by atoms with Gasteiger partial charge >= 0.3 is 6.01 Å². The molecule has 30 heavy (non-hydrogen) atoms. The van der Waals surface area contributed by atoms with Gasteiger partial charge in [0.1, 0.15) is 6.26 Å². The highest BCUT2D eigenvalue weighted by Gasteiger charge is 2.30. The highest BCUT2D eigenvalue weighted by molar-refractivity contribution is 7.99. The third kappa shape index (κ3) is 5.51. The lowest BCUT2D eigenvalue weighted by Gasteiger charge is -2.23. The summed E-state index contributed by atoms with van der Waals surface area (Å²) in [6.07, 6.45) is 3.18. The second-order valence-electron chi connectivity index (χ2n) is 7.30. The van der Waals surface area contributed by atoms with Crippen LogP contribution in [-0.4, -0.2) is 22.6 Å². The second kappa shape index (κ2) is 9.63. The van der Waals surface area contributed by atoms with Crippen molar-refractivity contribution in [3.63, 3.8) is 0 Å². The number of amides is 2. The molecule has 0 aliphatic rings. The molecule has 0 unspecified atom stereocenters. The zero-order valence-electron chi connectivity index (χ0n) is 17.3. The molecule has 0 spiro atoms. The van der Waals surface area contributed by atoms with Gasteiger partial charge in [-0.3, -0.25) is 14.9 Å². The zero-order valence-corrected chi connectivity index (χ0v) is 18.1. The summed E-state index contributed by atoms with van der Waals surface area (Å²) in [6, 6.07) is 15.5. The van der Waals surface area contributed by atoms with E-state index in [0.29, 0.717) is 12.1 Å². The average Bonchev–Trinajstić information content (AvgIpc) is 3.23. The molecule has 1 heterocycles. The quantitative estimate of drug-likeness (QED) is 0.504. The van der Waals surface area contributed by atoms with Crippen LogP contribution in [0.3, 0.4) is 0 Å². The number of hydrogen-bond acceptors (Lipinski definition) is 5. The Kier molecular flexibility index (Phi) is 6.95. The van der Waals surface area contributed by atoms with E-state index in [9.17, 15) is 9.59 Å². The Hall–Kier alpha value is -3.06. The standard InChI is InChI=1S/C23H25N3O3S/c1-4-30-19-11-5-16(6-12-19)15-20(27)25-18-9-7-17(8-10-18)23(2,3)21(28)26-22-24-13-14-29-22/h5-14H,4,15H2,1-3H3,(H,25,27)(H,24,26,28). The first kappa shape index (κ1) is 21.6. The number of rotatable bonds is 8. The largest absolute Gasteiger partial charge is 0.432 e. The van der Waals surface area contributed by atoms with Crippen molar-refractivity contribution in [3.05, 3.63) is 72.1 Å². The van der Waals surface area contributed by atoms with Crippen LogP contribution in [0.15, 0.2) is 70.3 Å². The Balaban J connectivity index is 1.59. The molecule has 0 fully saturated rings. The Morgan fingerprint density at radius 3 is 2.33 bits per heavy atom. The molecule has 1 aromatic heterocycles. The van der Waals surface area contributed by atoms with Crippen molar-refractivity contribution in [1.29, 1.82) is 0 Å².